The van der Waals surface area contributed by atoms with Gasteiger partial charge in [0.25, 0.3) is 0 Å². The third-order valence-electron chi connectivity index (χ3n) is 3.88. The molecule has 18 heavy (non-hydrogen) atoms. The van der Waals surface area contributed by atoms with Crippen molar-refractivity contribution in [1.82, 2.24) is 15.0 Å². The van der Waals surface area contributed by atoms with Gasteiger partial charge in [0, 0.05) is 13.1 Å². The second-order valence-electron chi connectivity index (χ2n) is 5.27. The summed E-state index contributed by atoms with van der Waals surface area (Å²) in [7, 11) is 0. The molecule has 6 heteroatoms. The van der Waals surface area contributed by atoms with E-state index in [0.29, 0.717) is 17.3 Å². The Hall–Kier alpha value is -1.10. The van der Waals surface area contributed by atoms with Crippen LogP contribution in [0.3, 0.4) is 0 Å². The first-order valence-corrected chi connectivity index (χ1v) is 6.99. The summed E-state index contributed by atoms with van der Waals surface area (Å²) in [6.07, 6.45) is 5.46. The van der Waals surface area contributed by atoms with E-state index in [4.69, 9.17) is 11.6 Å². The van der Waals surface area contributed by atoms with Crippen molar-refractivity contribution < 1.29 is 0 Å². The van der Waals surface area contributed by atoms with Crippen LogP contribution in [0.1, 0.15) is 32.6 Å². The molecule has 1 heterocycles. The number of rotatable bonds is 6. The monoisotopic (exact) mass is 267 g/mol. The van der Waals surface area contributed by atoms with Gasteiger partial charge < -0.3 is 10.6 Å². The third kappa shape index (κ3) is 2.51. The average molecular weight is 268 g/mol. The number of halogens is 1. The van der Waals surface area contributed by atoms with E-state index < -0.39 is 0 Å². The molecule has 0 unspecified atom stereocenters. The molecule has 0 bridgehead atoms. The minimum absolute atomic E-state index is 0.236. The highest BCUT2D eigenvalue weighted by atomic mass is 35.5. The Morgan fingerprint density at radius 2 is 1.83 bits per heavy atom. The standard InChI is InChI=1S/C12H18ClN5/c1-2-14-10-16-9(13)17-11(18-10)15-7-12(5-6-12)8-3-4-8/h8H,2-7H2,1H3,(H2,14,15,16,17,18). The Morgan fingerprint density at radius 1 is 1.17 bits per heavy atom. The molecule has 0 amide bonds. The van der Waals surface area contributed by atoms with Crippen LogP contribution in [-0.2, 0) is 0 Å². The van der Waals surface area contributed by atoms with Crippen LogP contribution in [0.5, 0.6) is 0 Å². The van der Waals surface area contributed by atoms with E-state index in [1.807, 2.05) is 6.92 Å². The van der Waals surface area contributed by atoms with Crippen molar-refractivity contribution in [2.75, 3.05) is 23.7 Å². The summed E-state index contributed by atoms with van der Waals surface area (Å²) in [6, 6.07) is 0. The van der Waals surface area contributed by atoms with Gasteiger partial charge in [-0.25, -0.2) is 0 Å². The van der Waals surface area contributed by atoms with Crippen molar-refractivity contribution >= 4 is 23.5 Å². The quantitative estimate of drug-likeness (QED) is 0.829. The van der Waals surface area contributed by atoms with Crippen LogP contribution in [0.15, 0.2) is 0 Å². The number of nitrogens with zero attached hydrogens (tertiary/aromatic N) is 3. The molecule has 0 aliphatic heterocycles. The third-order valence-corrected chi connectivity index (χ3v) is 4.05. The summed E-state index contributed by atoms with van der Waals surface area (Å²) in [5, 5.41) is 6.61. The van der Waals surface area contributed by atoms with Crippen LogP contribution in [0, 0.1) is 11.3 Å². The maximum atomic E-state index is 5.88. The molecule has 0 aromatic carbocycles. The van der Waals surface area contributed by atoms with E-state index in [0.717, 1.165) is 19.0 Å². The first kappa shape index (κ1) is 12.0. The summed E-state index contributed by atoms with van der Waals surface area (Å²) in [5.41, 5.74) is 0.525. The van der Waals surface area contributed by atoms with E-state index in [1.165, 1.54) is 25.7 Å². The highest BCUT2D eigenvalue weighted by Crippen LogP contribution is 2.61. The number of hydrogen-bond acceptors (Lipinski definition) is 5. The summed E-state index contributed by atoms with van der Waals surface area (Å²) in [5.74, 6) is 2.05. The van der Waals surface area contributed by atoms with Crippen molar-refractivity contribution in [1.29, 1.82) is 0 Å². The van der Waals surface area contributed by atoms with Crippen molar-refractivity contribution in [3.8, 4) is 0 Å². The fraction of sp³-hybridized carbons (Fsp3) is 0.750. The maximum absolute atomic E-state index is 5.88. The predicted molar refractivity (Wildman–Crippen MR) is 71.9 cm³/mol. The molecular formula is C12H18ClN5. The topological polar surface area (TPSA) is 62.7 Å². The van der Waals surface area contributed by atoms with Gasteiger partial charge in [0.15, 0.2) is 0 Å². The maximum Gasteiger partial charge on any atom is 0.228 e. The highest BCUT2D eigenvalue weighted by molar-refractivity contribution is 6.28. The summed E-state index contributed by atoms with van der Waals surface area (Å²) >= 11 is 5.88. The van der Waals surface area contributed by atoms with Gasteiger partial charge in [-0.1, -0.05) is 0 Å². The van der Waals surface area contributed by atoms with Gasteiger partial charge in [-0.2, -0.15) is 15.0 Å². The van der Waals surface area contributed by atoms with Crippen molar-refractivity contribution in [3.63, 3.8) is 0 Å². The molecule has 0 atom stereocenters. The molecule has 5 nitrogen and oxygen atoms in total. The van der Waals surface area contributed by atoms with E-state index in [9.17, 15) is 0 Å². The van der Waals surface area contributed by atoms with E-state index in [2.05, 4.69) is 25.6 Å². The lowest BCUT2D eigenvalue weighted by atomic mass is 10.0. The van der Waals surface area contributed by atoms with Crippen molar-refractivity contribution in [2.45, 2.75) is 32.6 Å². The van der Waals surface area contributed by atoms with Crippen LogP contribution < -0.4 is 10.6 Å². The lowest BCUT2D eigenvalue weighted by Crippen LogP contribution is -2.19. The molecule has 0 spiro atoms. The van der Waals surface area contributed by atoms with Crippen molar-refractivity contribution in [3.05, 3.63) is 5.28 Å². The van der Waals surface area contributed by atoms with E-state index >= 15 is 0 Å². The van der Waals surface area contributed by atoms with Crippen LogP contribution >= 0.6 is 11.6 Å². The fourth-order valence-electron chi connectivity index (χ4n) is 2.51. The summed E-state index contributed by atoms with van der Waals surface area (Å²) in [6.45, 7) is 3.73. The van der Waals surface area contributed by atoms with E-state index in [1.54, 1.807) is 0 Å². The van der Waals surface area contributed by atoms with Gasteiger partial charge in [0.2, 0.25) is 17.2 Å². The second kappa shape index (κ2) is 4.53. The Balaban J connectivity index is 1.64. The Morgan fingerprint density at radius 3 is 2.39 bits per heavy atom. The molecule has 0 saturated heterocycles. The van der Waals surface area contributed by atoms with Gasteiger partial charge in [0.1, 0.15) is 0 Å². The van der Waals surface area contributed by atoms with Crippen LogP contribution in [-0.4, -0.2) is 28.0 Å². The summed E-state index contributed by atoms with van der Waals surface area (Å²) in [4.78, 5) is 12.4. The van der Waals surface area contributed by atoms with Crippen molar-refractivity contribution in [2.24, 2.45) is 11.3 Å². The van der Waals surface area contributed by atoms with Gasteiger partial charge in [-0.05, 0) is 55.5 Å². The molecule has 3 rings (SSSR count). The molecule has 98 valence electrons. The smallest absolute Gasteiger partial charge is 0.228 e. The zero-order valence-electron chi connectivity index (χ0n) is 10.5. The van der Waals surface area contributed by atoms with Gasteiger partial charge in [0.05, 0.1) is 0 Å². The molecule has 2 fully saturated rings. The zero-order valence-corrected chi connectivity index (χ0v) is 11.3. The minimum Gasteiger partial charge on any atom is -0.354 e. The van der Waals surface area contributed by atoms with Crippen LogP contribution in [0.2, 0.25) is 5.28 Å². The lowest BCUT2D eigenvalue weighted by Gasteiger charge is -2.15. The fourth-order valence-corrected chi connectivity index (χ4v) is 2.67. The number of hydrogen-bond donors (Lipinski definition) is 2. The molecule has 2 N–H and O–H groups in total. The van der Waals surface area contributed by atoms with E-state index in [-0.39, 0.29) is 5.28 Å². The Bertz CT molecular complexity index is 442. The SMILES string of the molecule is CCNc1nc(Cl)nc(NCC2(C3CC3)CC2)n1. The molecule has 2 saturated carbocycles. The Kier molecular flexibility index (Phi) is 3.01. The highest BCUT2D eigenvalue weighted by Gasteiger charge is 2.53. The zero-order chi connectivity index (χ0) is 12.6. The average Bonchev–Trinajstić information content (AvgIpc) is 3.19. The molecule has 1 aromatic heterocycles. The minimum atomic E-state index is 0.236. The van der Waals surface area contributed by atoms with Crippen LogP contribution in [0.4, 0.5) is 11.9 Å². The molecule has 0 radical (unpaired) electrons. The lowest BCUT2D eigenvalue weighted by molar-refractivity contribution is 0.465. The number of nitrogens with one attached hydrogen (secondary N) is 2. The summed E-state index contributed by atoms with van der Waals surface area (Å²) < 4.78 is 0. The normalized spacial score (nSPS) is 20.6. The predicted octanol–water partition coefficient (Wildman–Crippen LogP) is 2.56. The first-order valence-electron chi connectivity index (χ1n) is 6.61. The Labute approximate surface area is 112 Å². The van der Waals surface area contributed by atoms with Gasteiger partial charge >= 0.3 is 0 Å². The molecule has 1 aromatic rings. The largest absolute Gasteiger partial charge is 0.354 e. The van der Waals surface area contributed by atoms with Gasteiger partial charge in [-0.3, -0.25) is 0 Å². The number of anilines is 2. The molecular weight excluding hydrogens is 250 g/mol. The van der Waals surface area contributed by atoms with Gasteiger partial charge in [-0.15, -0.1) is 0 Å². The molecule has 2 aliphatic rings. The van der Waals surface area contributed by atoms with Crippen LogP contribution in [0.25, 0.3) is 0 Å². The first-order chi connectivity index (χ1) is 8.72. The number of aromatic nitrogens is 3. The molecule has 2 aliphatic carbocycles. The second-order valence-corrected chi connectivity index (χ2v) is 5.61.